The summed E-state index contributed by atoms with van der Waals surface area (Å²) >= 11 is 0. The monoisotopic (exact) mass is 279 g/mol. The van der Waals surface area contributed by atoms with Crippen molar-refractivity contribution in [2.45, 2.75) is 6.04 Å². The summed E-state index contributed by atoms with van der Waals surface area (Å²) in [6.45, 7) is 0.551. The normalized spacial score (nSPS) is 19.2. The van der Waals surface area contributed by atoms with Crippen LogP contribution in [0.15, 0.2) is 30.3 Å². The molecule has 0 aromatic heterocycles. The van der Waals surface area contributed by atoms with Crippen LogP contribution in [0, 0.1) is 5.82 Å². The van der Waals surface area contributed by atoms with Crippen LogP contribution in [0.5, 0.6) is 0 Å². The van der Waals surface area contributed by atoms with Gasteiger partial charge >= 0.3 is 5.97 Å². The van der Waals surface area contributed by atoms with Crippen LogP contribution in [0.3, 0.4) is 0 Å². The van der Waals surface area contributed by atoms with Crippen molar-refractivity contribution in [3.63, 3.8) is 0 Å². The molecule has 0 bridgehead atoms. The highest BCUT2D eigenvalue weighted by molar-refractivity contribution is 5.94. The Morgan fingerprint density at radius 3 is 2.70 bits per heavy atom. The molecule has 2 rings (SSSR count). The Balaban J connectivity index is 2.06. The highest BCUT2D eigenvalue weighted by Crippen LogP contribution is 2.10. The zero-order valence-electron chi connectivity index (χ0n) is 10.7. The van der Waals surface area contributed by atoms with Gasteiger partial charge in [-0.15, -0.1) is 0 Å². The van der Waals surface area contributed by atoms with Crippen molar-refractivity contribution in [2.75, 3.05) is 19.8 Å². The predicted octanol–water partition coefficient (Wildman–Crippen LogP) is 1.15. The second kappa shape index (κ2) is 6.29. The van der Waals surface area contributed by atoms with Crippen LogP contribution >= 0.6 is 0 Å². The quantitative estimate of drug-likeness (QED) is 0.843. The van der Waals surface area contributed by atoms with Gasteiger partial charge in [0.15, 0.2) is 6.04 Å². The molecule has 5 nitrogen and oxygen atoms in total. The maximum Gasteiger partial charge on any atom is 0.328 e. The first-order chi connectivity index (χ1) is 9.58. The maximum absolute atomic E-state index is 12.7. The fourth-order valence-electron chi connectivity index (χ4n) is 1.91. The van der Waals surface area contributed by atoms with Crippen molar-refractivity contribution in [1.29, 1.82) is 0 Å². The summed E-state index contributed by atoms with van der Waals surface area (Å²) in [4.78, 5) is 24.3. The lowest BCUT2D eigenvalue weighted by Crippen LogP contribution is -2.52. The van der Waals surface area contributed by atoms with Crippen LogP contribution in [0.1, 0.15) is 5.56 Å². The van der Waals surface area contributed by atoms with E-state index in [0.29, 0.717) is 12.2 Å². The van der Waals surface area contributed by atoms with E-state index in [2.05, 4.69) is 0 Å². The first-order valence-corrected chi connectivity index (χ1v) is 6.13. The summed E-state index contributed by atoms with van der Waals surface area (Å²) in [5.41, 5.74) is 0.667. The van der Waals surface area contributed by atoms with E-state index >= 15 is 0 Å². The zero-order valence-corrected chi connectivity index (χ0v) is 10.7. The van der Waals surface area contributed by atoms with Gasteiger partial charge in [0.25, 0.3) is 0 Å². The number of morpholine rings is 1. The highest BCUT2D eigenvalue weighted by Gasteiger charge is 2.31. The lowest BCUT2D eigenvalue weighted by atomic mass is 10.2. The minimum atomic E-state index is -1.09. The molecule has 1 aromatic rings. The third-order valence-electron chi connectivity index (χ3n) is 2.98. The molecule has 0 radical (unpaired) electrons. The van der Waals surface area contributed by atoms with Gasteiger partial charge in [-0.05, 0) is 23.8 Å². The van der Waals surface area contributed by atoms with Crippen molar-refractivity contribution in [3.05, 3.63) is 41.7 Å². The number of rotatable bonds is 3. The molecule has 0 aliphatic carbocycles. The van der Waals surface area contributed by atoms with Gasteiger partial charge in [0.2, 0.25) is 5.91 Å². The Bertz CT molecular complexity index is 526. The van der Waals surface area contributed by atoms with Crippen LogP contribution < -0.4 is 0 Å². The Kier molecular flexibility index (Phi) is 4.47. The van der Waals surface area contributed by atoms with Gasteiger partial charge in [-0.3, -0.25) is 4.79 Å². The molecule has 1 heterocycles. The van der Waals surface area contributed by atoms with Gasteiger partial charge in [-0.2, -0.15) is 0 Å². The standard InChI is InChI=1S/C14H14FNO4/c15-11-4-1-10(2-5-11)3-6-13(17)16-7-8-20-9-12(16)14(18)19/h1-6,12H,7-9H2,(H,18,19)/b6-3+/t12-/m1/s1. The van der Waals surface area contributed by atoms with Crippen LogP contribution in [0.25, 0.3) is 6.08 Å². The fraction of sp³-hybridized carbons (Fsp3) is 0.286. The van der Waals surface area contributed by atoms with E-state index in [1.165, 1.54) is 41.3 Å². The molecule has 1 saturated heterocycles. The van der Waals surface area contributed by atoms with E-state index in [-0.39, 0.29) is 19.0 Å². The molecule has 0 unspecified atom stereocenters. The summed E-state index contributed by atoms with van der Waals surface area (Å²) in [5.74, 6) is -1.84. The molecule has 0 saturated carbocycles. The first kappa shape index (κ1) is 14.2. The Labute approximate surface area is 115 Å². The van der Waals surface area contributed by atoms with E-state index in [1.54, 1.807) is 0 Å². The average molecular weight is 279 g/mol. The average Bonchev–Trinajstić information content (AvgIpc) is 2.46. The molecular formula is C14H14FNO4. The molecule has 1 aromatic carbocycles. The summed E-state index contributed by atoms with van der Waals surface area (Å²) in [5, 5.41) is 9.03. The number of carbonyl (C=O) groups is 2. The number of hydrogen-bond acceptors (Lipinski definition) is 3. The van der Waals surface area contributed by atoms with Gasteiger partial charge in [-0.25, -0.2) is 9.18 Å². The number of hydrogen-bond donors (Lipinski definition) is 1. The van der Waals surface area contributed by atoms with Gasteiger partial charge in [0.05, 0.1) is 13.2 Å². The highest BCUT2D eigenvalue weighted by atomic mass is 19.1. The van der Waals surface area contributed by atoms with Crippen molar-refractivity contribution in [3.8, 4) is 0 Å². The van der Waals surface area contributed by atoms with Crippen LogP contribution in [0.4, 0.5) is 4.39 Å². The molecule has 1 aliphatic heterocycles. The molecule has 0 spiro atoms. The Hall–Kier alpha value is -2.21. The number of carboxylic acids is 1. The van der Waals surface area contributed by atoms with Crippen LogP contribution in [0.2, 0.25) is 0 Å². The number of halogens is 1. The molecule has 1 amide bonds. The van der Waals surface area contributed by atoms with Crippen molar-refractivity contribution >= 4 is 18.0 Å². The topological polar surface area (TPSA) is 66.8 Å². The molecule has 1 N–H and O–H groups in total. The number of aliphatic carboxylic acids is 1. The summed E-state index contributed by atoms with van der Waals surface area (Å²) in [7, 11) is 0. The van der Waals surface area contributed by atoms with Crippen LogP contribution in [-0.4, -0.2) is 47.7 Å². The summed E-state index contributed by atoms with van der Waals surface area (Å²) in [6.07, 6.45) is 2.81. The SMILES string of the molecule is O=C(O)[C@H]1COCCN1C(=O)/C=C/c1ccc(F)cc1. The van der Waals surface area contributed by atoms with Crippen molar-refractivity contribution < 1.29 is 23.8 Å². The lowest BCUT2D eigenvalue weighted by molar-refractivity contribution is -0.156. The smallest absolute Gasteiger partial charge is 0.328 e. The number of ether oxygens (including phenoxy) is 1. The van der Waals surface area contributed by atoms with Crippen molar-refractivity contribution in [1.82, 2.24) is 4.90 Å². The van der Waals surface area contributed by atoms with Crippen molar-refractivity contribution in [2.24, 2.45) is 0 Å². The third-order valence-corrected chi connectivity index (χ3v) is 2.98. The summed E-state index contributed by atoms with van der Waals surface area (Å²) in [6, 6.07) is 4.69. The number of amides is 1. The largest absolute Gasteiger partial charge is 0.480 e. The number of nitrogens with zero attached hydrogens (tertiary/aromatic N) is 1. The van der Waals surface area contributed by atoms with E-state index < -0.39 is 17.9 Å². The number of benzene rings is 1. The second-order valence-electron chi connectivity index (χ2n) is 4.35. The minimum absolute atomic E-state index is 0.00847. The molecule has 1 aliphatic rings. The Morgan fingerprint density at radius 1 is 1.35 bits per heavy atom. The molecule has 20 heavy (non-hydrogen) atoms. The second-order valence-corrected chi connectivity index (χ2v) is 4.35. The third kappa shape index (κ3) is 3.42. The minimum Gasteiger partial charge on any atom is -0.480 e. The Morgan fingerprint density at radius 2 is 2.05 bits per heavy atom. The summed E-state index contributed by atoms with van der Waals surface area (Å²) < 4.78 is 17.8. The predicted molar refractivity (Wildman–Crippen MR) is 69.4 cm³/mol. The van der Waals surface area contributed by atoms with Crippen LogP contribution in [-0.2, 0) is 14.3 Å². The molecule has 1 atom stereocenters. The van der Waals surface area contributed by atoms with Gasteiger partial charge in [-0.1, -0.05) is 12.1 Å². The van der Waals surface area contributed by atoms with Gasteiger partial charge < -0.3 is 14.7 Å². The van der Waals surface area contributed by atoms with Gasteiger partial charge in [0.1, 0.15) is 5.82 Å². The molecule has 1 fully saturated rings. The fourth-order valence-corrected chi connectivity index (χ4v) is 1.91. The maximum atomic E-state index is 12.7. The molecular weight excluding hydrogens is 265 g/mol. The van der Waals surface area contributed by atoms with E-state index in [9.17, 15) is 14.0 Å². The number of carboxylic acid groups (broad SMARTS) is 1. The first-order valence-electron chi connectivity index (χ1n) is 6.13. The number of carbonyl (C=O) groups excluding carboxylic acids is 1. The molecule has 6 heteroatoms. The van der Waals surface area contributed by atoms with E-state index in [4.69, 9.17) is 9.84 Å². The van der Waals surface area contributed by atoms with Gasteiger partial charge in [0, 0.05) is 12.6 Å². The molecule has 106 valence electrons. The van der Waals surface area contributed by atoms with E-state index in [0.717, 1.165) is 0 Å². The zero-order chi connectivity index (χ0) is 14.5. The van der Waals surface area contributed by atoms with E-state index in [1.807, 2.05) is 0 Å². The lowest BCUT2D eigenvalue weighted by Gasteiger charge is -2.31.